The number of sulfone groups is 1. The van der Waals surface area contributed by atoms with Gasteiger partial charge >= 0.3 is 5.37 Å². The third kappa shape index (κ3) is 2.78. The minimum Gasteiger partial charge on any atom is -0.215 e. The second-order valence-corrected chi connectivity index (χ2v) is 6.36. The van der Waals surface area contributed by atoms with Crippen molar-refractivity contribution in [3.05, 3.63) is 70.0 Å². The molecule has 0 amide bonds. The highest BCUT2D eigenvalue weighted by Crippen LogP contribution is 2.30. The first kappa shape index (κ1) is 13.6. The second-order valence-electron chi connectivity index (χ2n) is 3.91. The Kier molecular flexibility index (Phi) is 3.89. The lowest BCUT2D eigenvalue weighted by molar-refractivity contribution is 0.590. The van der Waals surface area contributed by atoms with Crippen molar-refractivity contribution >= 4 is 21.4 Å². The zero-order valence-corrected chi connectivity index (χ0v) is 11.5. The fourth-order valence-corrected chi connectivity index (χ4v) is 3.31. The molecule has 2 aromatic carbocycles. The van der Waals surface area contributed by atoms with E-state index in [0.717, 1.165) is 0 Å². The summed E-state index contributed by atoms with van der Waals surface area (Å²) in [7, 11) is -3.65. The molecule has 0 heterocycles. The van der Waals surface area contributed by atoms with Gasteiger partial charge < -0.3 is 0 Å². The molecule has 0 aliphatic heterocycles. The number of hydrogen-bond donors (Lipinski definition) is 0. The molecule has 0 aromatic heterocycles. The van der Waals surface area contributed by atoms with Crippen LogP contribution in [0.1, 0.15) is 10.9 Å². The van der Waals surface area contributed by atoms with Crippen LogP contribution >= 0.6 is 11.6 Å². The van der Waals surface area contributed by atoms with Gasteiger partial charge in [0.1, 0.15) is 0 Å². The van der Waals surface area contributed by atoms with Gasteiger partial charge in [0.25, 0.3) is 16.4 Å². The van der Waals surface area contributed by atoms with Crippen LogP contribution in [-0.2, 0) is 9.84 Å². The molecule has 0 radical (unpaired) electrons. The fraction of sp³-hybridized carbons (Fsp3) is 0.0714. The summed E-state index contributed by atoms with van der Waals surface area (Å²) in [5.41, 5.74) is 0.482. The summed E-state index contributed by atoms with van der Waals surface area (Å²) in [6.07, 6.45) is 0. The van der Waals surface area contributed by atoms with E-state index in [2.05, 4.69) is 4.85 Å². The molecule has 5 heteroatoms. The van der Waals surface area contributed by atoms with Gasteiger partial charge in [-0.15, -0.1) is 0 Å². The largest absolute Gasteiger partial charge is 0.397 e. The molecule has 0 saturated carbocycles. The SMILES string of the molecule is C#[N+]C(c1ccc(Cl)cc1)S(=O)(=O)c1ccccc1. The highest BCUT2D eigenvalue weighted by molar-refractivity contribution is 7.91. The van der Waals surface area contributed by atoms with Crippen LogP contribution < -0.4 is 0 Å². The van der Waals surface area contributed by atoms with E-state index in [9.17, 15) is 8.42 Å². The lowest BCUT2D eigenvalue weighted by Gasteiger charge is -2.05. The van der Waals surface area contributed by atoms with Gasteiger partial charge in [-0.3, -0.25) is 0 Å². The number of hydrogen-bond acceptors (Lipinski definition) is 2. The molecule has 0 spiro atoms. The summed E-state index contributed by atoms with van der Waals surface area (Å²) in [6, 6.07) is 14.5. The first-order valence-corrected chi connectivity index (χ1v) is 7.42. The van der Waals surface area contributed by atoms with E-state index >= 15 is 0 Å². The molecular formula is C14H11ClNO2S+. The quantitative estimate of drug-likeness (QED) is 0.863. The smallest absolute Gasteiger partial charge is 0.215 e. The van der Waals surface area contributed by atoms with Gasteiger partial charge in [0.2, 0.25) is 0 Å². The van der Waals surface area contributed by atoms with Crippen molar-refractivity contribution in [1.29, 1.82) is 0 Å². The zero-order chi connectivity index (χ0) is 13.9. The normalized spacial score (nSPS) is 12.6. The molecule has 0 saturated heterocycles. The Hall–Kier alpha value is -1.83. The van der Waals surface area contributed by atoms with Gasteiger partial charge in [-0.25, -0.2) is 8.42 Å². The minimum atomic E-state index is -3.65. The standard InChI is InChI=1S/C14H11ClNO2S/c1-16-14(11-7-9-12(15)10-8-11)19(17,18)13-5-3-2-4-6-13/h1-10,14H/q+1. The molecule has 1 unspecified atom stereocenters. The van der Waals surface area contributed by atoms with Gasteiger partial charge in [-0.1, -0.05) is 34.6 Å². The summed E-state index contributed by atoms with van der Waals surface area (Å²) in [6.45, 7) is 5.28. The average Bonchev–Trinajstić information content (AvgIpc) is 2.42. The lowest BCUT2D eigenvalue weighted by Crippen LogP contribution is -2.10. The second kappa shape index (κ2) is 5.43. The number of nitrogens with zero attached hydrogens (tertiary/aromatic N) is 1. The minimum absolute atomic E-state index is 0.184. The van der Waals surface area contributed by atoms with E-state index in [1.54, 1.807) is 42.5 Å². The van der Waals surface area contributed by atoms with Crippen LogP contribution in [0.4, 0.5) is 0 Å². The molecule has 19 heavy (non-hydrogen) atoms. The third-order valence-electron chi connectivity index (χ3n) is 2.66. The Bertz CT molecular complexity index is 703. The average molecular weight is 293 g/mol. The molecule has 1 atom stereocenters. The van der Waals surface area contributed by atoms with Gasteiger partial charge in [0, 0.05) is 5.02 Å². The van der Waals surface area contributed by atoms with Crippen LogP contribution in [0.15, 0.2) is 59.5 Å². The van der Waals surface area contributed by atoms with Crippen molar-refractivity contribution in [3.63, 3.8) is 0 Å². The third-order valence-corrected chi connectivity index (χ3v) is 4.82. The van der Waals surface area contributed by atoms with Crippen LogP contribution in [0.2, 0.25) is 5.02 Å². The van der Waals surface area contributed by atoms with Gasteiger partial charge in [0.05, 0.1) is 10.5 Å². The summed E-state index contributed by atoms with van der Waals surface area (Å²) < 4.78 is 24.9. The van der Waals surface area contributed by atoms with Crippen LogP contribution in [-0.4, -0.2) is 8.42 Å². The summed E-state index contributed by atoms with van der Waals surface area (Å²) in [5, 5.41) is -0.608. The molecule has 0 bridgehead atoms. The Morgan fingerprint density at radius 3 is 2.11 bits per heavy atom. The van der Waals surface area contributed by atoms with Crippen LogP contribution in [0, 0.1) is 6.57 Å². The molecule has 2 aromatic rings. The molecule has 3 nitrogen and oxygen atoms in total. The lowest BCUT2D eigenvalue weighted by atomic mass is 10.2. The van der Waals surface area contributed by atoms with E-state index in [1.165, 1.54) is 12.1 Å². The van der Waals surface area contributed by atoms with Crippen molar-refractivity contribution in [1.82, 2.24) is 0 Å². The maximum absolute atomic E-state index is 12.4. The molecule has 0 aliphatic carbocycles. The van der Waals surface area contributed by atoms with Crippen molar-refractivity contribution < 1.29 is 8.42 Å². The Morgan fingerprint density at radius 1 is 1.00 bits per heavy atom. The first-order valence-electron chi connectivity index (χ1n) is 5.50. The molecule has 0 N–H and O–H groups in total. The Labute approximate surface area is 117 Å². The van der Waals surface area contributed by atoms with E-state index in [4.69, 9.17) is 18.2 Å². The molecule has 0 fully saturated rings. The van der Waals surface area contributed by atoms with Crippen LogP contribution in [0.5, 0.6) is 0 Å². The van der Waals surface area contributed by atoms with E-state index in [-0.39, 0.29) is 4.90 Å². The fourth-order valence-electron chi connectivity index (χ4n) is 1.71. The monoisotopic (exact) mass is 292 g/mol. The number of rotatable bonds is 3. The van der Waals surface area contributed by atoms with E-state index in [0.29, 0.717) is 10.6 Å². The van der Waals surface area contributed by atoms with Crippen molar-refractivity contribution in [2.45, 2.75) is 10.3 Å². The Balaban J connectivity index is 2.49. The summed E-state index contributed by atoms with van der Waals surface area (Å²) >= 11 is 5.78. The van der Waals surface area contributed by atoms with E-state index < -0.39 is 15.2 Å². The summed E-state index contributed by atoms with van der Waals surface area (Å²) in [5.74, 6) is 0. The maximum Gasteiger partial charge on any atom is 0.397 e. The predicted octanol–water partition coefficient (Wildman–Crippen LogP) is 3.78. The number of halogens is 1. The van der Waals surface area contributed by atoms with Crippen LogP contribution in [0.25, 0.3) is 4.85 Å². The predicted molar refractivity (Wildman–Crippen MR) is 76.1 cm³/mol. The molecule has 0 aliphatic rings. The van der Waals surface area contributed by atoms with Crippen molar-refractivity contribution in [2.24, 2.45) is 0 Å². The highest BCUT2D eigenvalue weighted by atomic mass is 35.5. The highest BCUT2D eigenvalue weighted by Gasteiger charge is 2.37. The Morgan fingerprint density at radius 2 is 1.58 bits per heavy atom. The van der Waals surface area contributed by atoms with Crippen molar-refractivity contribution in [3.8, 4) is 6.57 Å². The van der Waals surface area contributed by atoms with Crippen molar-refractivity contribution in [2.75, 3.05) is 0 Å². The zero-order valence-electron chi connectivity index (χ0n) is 9.90. The summed E-state index contributed by atoms with van der Waals surface area (Å²) in [4.78, 5) is 3.69. The molecule has 96 valence electrons. The topological polar surface area (TPSA) is 38.5 Å². The molecule has 2 rings (SSSR count). The van der Waals surface area contributed by atoms with Gasteiger partial charge in [-0.05, 0) is 36.4 Å². The first-order chi connectivity index (χ1) is 9.05. The maximum atomic E-state index is 12.4. The van der Waals surface area contributed by atoms with E-state index in [1.807, 2.05) is 0 Å². The van der Waals surface area contributed by atoms with Crippen LogP contribution in [0.3, 0.4) is 0 Å². The molecular weight excluding hydrogens is 282 g/mol. The van der Waals surface area contributed by atoms with Gasteiger partial charge in [0.15, 0.2) is 0 Å². The van der Waals surface area contributed by atoms with Gasteiger partial charge in [-0.2, -0.15) is 0 Å². The number of benzene rings is 2.